The van der Waals surface area contributed by atoms with Gasteiger partial charge in [0.05, 0.1) is 32.2 Å². The van der Waals surface area contributed by atoms with E-state index in [4.69, 9.17) is 5.11 Å². The molecule has 1 aromatic rings. The second-order valence-electron chi connectivity index (χ2n) is 11.3. The molecular formula is C33H62NO2+. The minimum Gasteiger partial charge on any atom is -0.478 e. The van der Waals surface area contributed by atoms with E-state index in [0.29, 0.717) is 5.56 Å². The van der Waals surface area contributed by atoms with Crippen molar-refractivity contribution in [2.75, 3.05) is 26.7 Å². The molecule has 0 bridgehead atoms. The van der Waals surface area contributed by atoms with Crippen molar-refractivity contribution in [3.63, 3.8) is 0 Å². The van der Waals surface area contributed by atoms with Gasteiger partial charge in [0, 0.05) is 0 Å². The molecule has 0 unspecified atom stereocenters. The highest BCUT2D eigenvalue weighted by Crippen LogP contribution is 2.16. The number of unbranched alkanes of at least 4 members (excludes halogenated alkanes) is 15. The average molecular weight is 505 g/mol. The van der Waals surface area contributed by atoms with Gasteiger partial charge in [0.2, 0.25) is 0 Å². The smallest absolute Gasteiger partial charge is 0.335 e. The Bertz CT molecular complexity index is 570. The van der Waals surface area contributed by atoms with Crippen LogP contribution in [0.25, 0.3) is 0 Å². The lowest BCUT2D eigenvalue weighted by Gasteiger charge is -2.35. The van der Waals surface area contributed by atoms with Crippen molar-refractivity contribution in [3.05, 3.63) is 35.4 Å². The highest BCUT2D eigenvalue weighted by atomic mass is 16.4. The molecule has 1 aromatic carbocycles. The van der Waals surface area contributed by atoms with E-state index in [9.17, 15) is 4.79 Å². The first-order valence-electron chi connectivity index (χ1n) is 15.5. The first kappa shape index (κ1) is 34.6. The summed E-state index contributed by atoms with van der Waals surface area (Å²) in [4.78, 5) is 10.3. The van der Waals surface area contributed by atoms with Gasteiger partial charge >= 0.3 is 5.97 Å². The van der Waals surface area contributed by atoms with E-state index in [-0.39, 0.29) is 0 Å². The van der Waals surface area contributed by atoms with Crippen molar-refractivity contribution in [3.8, 4) is 0 Å². The Balaban J connectivity index is 0.00000101. The SMILES string of the molecule is CCCCCCCC[N+](C)(CCCCCCCC)CCCCCCCC.Cc1ccc(C(=O)O)cc1. The average Bonchev–Trinajstić information content (AvgIpc) is 2.86. The number of aryl methyl sites for hydroxylation is 1. The number of benzene rings is 1. The third-order valence-electron chi connectivity index (χ3n) is 7.45. The van der Waals surface area contributed by atoms with E-state index >= 15 is 0 Å². The minimum absolute atomic E-state index is 0.339. The second kappa shape index (κ2) is 24.0. The molecule has 0 atom stereocenters. The van der Waals surface area contributed by atoms with Crippen LogP contribution in [0.1, 0.15) is 152 Å². The molecule has 0 aliphatic carbocycles. The van der Waals surface area contributed by atoms with Crippen molar-refractivity contribution in [2.45, 2.75) is 143 Å². The topological polar surface area (TPSA) is 37.3 Å². The van der Waals surface area contributed by atoms with Crippen LogP contribution in [0.2, 0.25) is 0 Å². The summed E-state index contributed by atoms with van der Waals surface area (Å²) in [7, 11) is 2.56. The predicted octanol–water partition coefficient (Wildman–Crippen LogP) is 10.2. The summed E-state index contributed by atoms with van der Waals surface area (Å²) >= 11 is 0. The summed E-state index contributed by atoms with van der Waals surface area (Å²) in [5, 5.41) is 8.48. The summed E-state index contributed by atoms with van der Waals surface area (Å²) < 4.78 is 1.36. The van der Waals surface area contributed by atoms with Crippen LogP contribution in [-0.2, 0) is 0 Å². The number of nitrogens with zero attached hydrogens (tertiary/aromatic N) is 1. The first-order valence-corrected chi connectivity index (χ1v) is 15.5. The molecule has 0 amide bonds. The molecule has 3 heteroatoms. The van der Waals surface area contributed by atoms with Crippen LogP contribution >= 0.6 is 0 Å². The lowest BCUT2D eigenvalue weighted by atomic mass is 10.1. The molecule has 0 heterocycles. The van der Waals surface area contributed by atoms with E-state index in [1.807, 2.05) is 6.92 Å². The number of quaternary nitrogens is 1. The zero-order valence-electron chi connectivity index (χ0n) is 25.0. The molecule has 0 fully saturated rings. The molecule has 36 heavy (non-hydrogen) atoms. The number of carbonyl (C=O) groups is 1. The fourth-order valence-corrected chi connectivity index (χ4v) is 4.85. The van der Waals surface area contributed by atoms with Crippen LogP contribution in [0.4, 0.5) is 0 Å². The summed E-state index contributed by atoms with van der Waals surface area (Å²) in [6, 6.07) is 6.75. The van der Waals surface area contributed by atoms with Crippen LogP contribution in [0.15, 0.2) is 24.3 Å². The van der Waals surface area contributed by atoms with E-state index in [1.54, 1.807) is 24.3 Å². The molecule has 1 rings (SSSR count). The monoisotopic (exact) mass is 504 g/mol. The van der Waals surface area contributed by atoms with Gasteiger partial charge in [-0.1, -0.05) is 116 Å². The zero-order valence-corrected chi connectivity index (χ0v) is 25.0. The van der Waals surface area contributed by atoms with Crippen LogP contribution < -0.4 is 0 Å². The maximum absolute atomic E-state index is 10.3. The lowest BCUT2D eigenvalue weighted by Crippen LogP contribution is -2.46. The van der Waals surface area contributed by atoms with Gasteiger partial charge in [-0.3, -0.25) is 0 Å². The maximum atomic E-state index is 10.3. The van der Waals surface area contributed by atoms with E-state index in [1.165, 1.54) is 140 Å². The van der Waals surface area contributed by atoms with Gasteiger partial charge in [0.25, 0.3) is 0 Å². The van der Waals surface area contributed by atoms with Gasteiger partial charge in [-0.25, -0.2) is 4.79 Å². The Kier molecular flexibility index (Phi) is 23.1. The molecule has 0 spiro atoms. The fraction of sp³-hybridized carbons (Fsp3) is 0.788. The molecule has 0 radical (unpaired) electrons. The van der Waals surface area contributed by atoms with E-state index in [2.05, 4.69) is 27.8 Å². The molecular weight excluding hydrogens is 442 g/mol. The minimum atomic E-state index is -0.875. The van der Waals surface area contributed by atoms with Crippen LogP contribution in [0, 0.1) is 6.92 Å². The highest BCUT2D eigenvalue weighted by Gasteiger charge is 2.20. The Morgan fingerprint density at radius 3 is 1.19 bits per heavy atom. The molecule has 0 saturated heterocycles. The van der Waals surface area contributed by atoms with Gasteiger partial charge in [-0.15, -0.1) is 0 Å². The largest absolute Gasteiger partial charge is 0.478 e. The Hall–Kier alpha value is -1.35. The molecule has 1 N–H and O–H groups in total. The Labute approximate surface area is 225 Å². The Morgan fingerprint density at radius 2 is 0.889 bits per heavy atom. The van der Waals surface area contributed by atoms with E-state index < -0.39 is 5.97 Å². The van der Waals surface area contributed by atoms with Crippen molar-refractivity contribution >= 4 is 5.97 Å². The van der Waals surface area contributed by atoms with Gasteiger partial charge in [0.1, 0.15) is 0 Å². The molecule has 210 valence electrons. The predicted molar refractivity (Wildman–Crippen MR) is 159 cm³/mol. The van der Waals surface area contributed by atoms with Crippen LogP contribution in [0.3, 0.4) is 0 Å². The van der Waals surface area contributed by atoms with Crippen LogP contribution in [0.5, 0.6) is 0 Å². The standard InChI is InChI=1S/C25H54N.C8H8O2/c1-5-8-11-14-17-20-23-26(4,24-21-18-15-12-9-6-2)25-22-19-16-13-10-7-3;1-6-2-4-7(5-3-6)8(9)10/h5-25H2,1-4H3;2-5H,1H3,(H,9,10)/q+1;. The molecule has 0 aromatic heterocycles. The first-order chi connectivity index (χ1) is 17.4. The van der Waals surface area contributed by atoms with Gasteiger partial charge < -0.3 is 9.59 Å². The third kappa shape index (κ3) is 20.8. The second-order valence-corrected chi connectivity index (χ2v) is 11.3. The summed E-state index contributed by atoms with van der Waals surface area (Å²) in [6.07, 6.45) is 25.9. The maximum Gasteiger partial charge on any atom is 0.335 e. The van der Waals surface area contributed by atoms with Crippen LogP contribution in [-0.4, -0.2) is 42.2 Å². The quantitative estimate of drug-likeness (QED) is 0.126. The lowest BCUT2D eigenvalue weighted by molar-refractivity contribution is -0.910. The third-order valence-corrected chi connectivity index (χ3v) is 7.45. The normalized spacial score (nSPS) is 11.2. The van der Waals surface area contributed by atoms with Crippen molar-refractivity contribution in [2.24, 2.45) is 0 Å². The number of carboxylic acids is 1. The van der Waals surface area contributed by atoms with Gasteiger partial charge in [-0.2, -0.15) is 0 Å². The molecule has 0 aliphatic heterocycles. The number of carboxylic acid groups (broad SMARTS) is 1. The van der Waals surface area contributed by atoms with Crippen molar-refractivity contribution < 1.29 is 14.4 Å². The zero-order chi connectivity index (χ0) is 26.9. The molecule has 0 aliphatic rings. The highest BCUT2D eigenvalue weighted by molar-refractivity contribution is 5.87. The summed E-state index contributed by atoms with van der Waals surface area (Å²) in [6.45, 7) is 13.1. The fourth-order valence-electron chi connectivity index (χ4n) is 4.85. The number of aromatic carboxylic acids is 1. The van der Waals surface area contributed by atoms with Crippen molar-refractivity contribution in [1.29, 1.82) is 0 Å². The summed E-state index contributed by atoms with van der Waals surface area (Å²) in [5.74, 6) is -0.875. The van der Waals surface area contributed by atoms with Crippen molar-refractivity contribution in [1.82, 2.24) is 0 Å². The number of hydrogen-bond acceptors (Lipinski definition) is 1. The van der Waals surface area contributed by atoms with Gasteiger partial charge in [0.15, 0.2) is 0 Å². The number of rotatable bonds is 22. The molecule has 0 saturated carbocycles. The van der Waals surface area contributed by atoms with E-state index in [0.717, 1.165) is 5.56 Å². The summed E-state index contributed by atoms with van der Waals surface area (Å²) in [5.41, 5.74) is 1.41. The Morgan fingerprint density at radius 1 is 0.583 bits per heavy atom. The number of hydrogen-bond donors (Lipinski definition) is 1. The molecule has 3 nitrogen and oxygen atoms in total. The van der Waals surface area contributed by atoms with Gasteiger partial charge in [-0.05, 0) is 57.6 Å².